The number of anilines is 2. The number of aromatic nitrogens is 1. The largest absolute Gasteiger partial charge is 0.432 e. The molecule has 0 aliphatic rings. The van der Waals surface area contributed by atoms with E-state index in [9.17, 15) is 4.79 Å². The molecule has 2 rings (SSSR count). The van der Waals surface area contributed by atoms with E-state index < -0.39 is 5.91 Å². The van der Waals surface area contributed by atoms with Gasteiger partial charge in [0.1, 0.15) is 6.26 Å². The third-order valence-corrected chi connectivity index (χ3v) is 2.43. The minimum Gasteiger partial charge on any atom is -0.432 e. The van der Waals surface area contributed by atoms with Crippen LogP contribution in [-0.2, 0) is 0 Å². The van der Waals surface area contributed by atoms with Crippen LogP contribution in [0.3, 0.4) is 0 Å². The molecular formula is C11H10ClN3O2. The van der Waals surface area contributed by atoms with E-state index in [0.717, 1.165) is 0 Å². The van der Waals surface area contributed by atoms with Gasteiger partial charge >= 0.3 is 6.01 Å². The van der Waals surface area contributed by atoms with Gasteiger partial charge in [0.25, 0.3) is 5.91 Å². The Labute approximate surface area is 103 Å². The Hall–Kier alpha value is -2.01. The number of rotatable bonds is 2. The van der Waals surface area contributed by atoms with Gasteiger partial charge in [0.2, 0.25) is 0 Å². The van der Waals surface area contributed by atoms with Crippen LogP contribution in [0.4, 0.5) is 11.7 Å². The lowest BCUT2D eigenvalue weighted by molar-refractivity contribution is 0.102. The number of amides is 1. The van der Waals surface area contributed by atoms with Crippen molar-refractivity contribution in [1.29, 1.82) is 0 Å². The van der Waals surface area contributed by atoms with Gasteiger partial charge in [-0.05, 0) is 19.1 Å². The van der Waals surface area contributed by atoms with Crippen LogP contribution in [0.15, 0.2) is 28.9 Å². The second-order valence-corrected chi connectivity index (χ2v) is 3.86. The summed E-state index contributed by atoms with van der Waals surface area (Å²) in [5, 5.41) is 2.76. The van der Waals surface area contributed by atoms with E-state index in [1.165, 1.54) is 6.26 Å². The van der Waals surface area contributed by atoms with Crippen molar-refractivity contribution in [2.75, 3.05) is 11.1 Å². The highest BCUT2D eigenvalue weighted by Gasteiger charge is 2.15. The van der Waals surface area contributed by atoms with E-state index in [2.05, 4.69) is 10.3 Å². The summed E-state index contributed by atoms with van der Waals surface area (Å²) >= 11 is 5.90. The van der Waals surface area contributed by atoms with Crippen LogP contribution in [-0.4, -0.2) is 10.9 Å². The SMILES string of the molecule is Cc1coc(NC(=O)c2c(N)cccc2Cl)n1. The van der Waals surface area contributed by atoms with Crippen LogP contribution in [0.1, 0.15) is 16.1 Å². The van der Waals surface area contributed by atoms with E-state index in [0.29, 0.717) is 11.4 Å². The highest BCUT2D eigenvalue weighted by molar-refractivity contribution is 6.35. The van der Waals surface area contributed by atoms with Gasteiger partial charge in [-0.15, -0.1) is 0 Å². The predicted molar refractivity (Wildman–Crippen MR) is 65.1 cm³/mol. The zero-order valence-electron chi connectivity index (χ0n) is 9.03. The fraction of sp³-hybridized carbons (Fsp3) is 0.0909. The van der Waals surface area contributed by atoms with Crippen molar-refractivity contribution in [2.24, 2.45) is 0 Å². The summed E-state index contributed by atoms with van der Waals surface area (Å²) in [5.74, 6) is -0.449. The summed E-state index contributed by atoms with van der Waals surface area (Å²) in [7, 11) is 0. The molecule has 0 aliphatic carbocycles. The lowest BCUT2D eigenvalue weighted by Gasteiger charge is -2.06. The number of nitrogen functional groups attached to an aromatic ring is 1. The molecule has 1 amide bonds. The fourth-order valence-corrected chi connectivity index (χ4v) is 1.62. The lowest BCUT2D eigenvalue weighted by Crippen LogP contribution is -2.14. The number of nitrogens with one attached hydrogen (secondary N) is 1. The van der Waals surface area contributed by atoms with E-state index in [1.54, 1.807) is 25.1 Å². The molecule has 0 spiro atoms. The van der Waals surface area contributed by atoms with Crippen LogP contribution >= 0.6 is 11.6 Å². The fourth-order valence-electron chi connectivity index (χ4n) is 1.35. The molecule has 0 saturated heterocycles. The molecular weight excluding hydrogens is 242 g/mol. The zero-order valence-corrected chi connectivity index (χ0v) is 9.78. The average molecular weight is 252 g/mol. The molecule has 0 fully saturated rings. The monoisotopic (exact) mass is 251 g/mol. The molecule has 1 heterocycles. The summed E-state index contributed by atoms with van der Waals surface area (Å²) in [5.41, 5.74) is 6.88. The Balaban J connectivity index is 2.26. The quantitative estimate of drug-likeness (QED) is 0.804. The summed E-state index contributed by atoms with van der Waals surface area (Å²) < 4.78 is 5.01. The van der Waals surface area contributed by atoms with Crippen molar-refractivity contribution in [1.82, 2.24) is 4.98 Å². The third kappa shape index (κ3) is 2.39. The Bertz CT molecular complexity index is 545. The standard InChI is InChI=1S/C11H10ClN3O2/c1-6-5-17-11(14-6)15-10(16)9-7(12)3-2-4-8(9)13/h2-5H,13H2,1H3,(H,14,15,16). The lowest BCUT2D eigenvalue weighted by atomic mass is 10.1. The first-order valence-electron chi connectivity index (χ1n) is 4.85. The first-order valence-corrected chi connectivity index (χ1v) is 5.23. The van der Waals surface area contributed by atoms with Gasteiger partial charge in [-0.2, -0.15) is 4.98 Å². The number of nitrogens with two attached hydrogens (primary N) is 1. The molecule has 17 heavy (non-hydrogen) atoms. The maximum absolute atomic E-state index is 11.9. The number of benzene rings is 1. The summed E-state index contributed by atoms with van der Waals surface area (Å²) in [6, 6.07) is 4.98. The number of oxazole rings is 1. The second kappa shape index (κ2) is 4.47. The number of aryl methyl sites for hydroxylation is 1. The van der Waals surface area contributed by atoms with Gasteiger partial charge in [-0.1, -0.05) is 17.7 Å². The minimum atomic E-state index is -0.449. The molecule has 0 radical (unpaired) electrons. The number of hydrogen-bond acceptors (Lipinski definition) is 4. The number of carbonyl (C=O) groups is 1. The van der Waals surface area contributed by atoms with Gasteiger partial charge < -0.3 is 10.2 Å². The molecule has 0 aliphatic heterocycles. The highest BCUT2D eigenvalue weighted by atomic mass is 35.5. The maximum atomic E-state index is 11.9. The molecule has 3 N–H and O–H groups in total. The van der Waals surface area contributed by atoms with Crippen LogP contribution in [0, 0.1) is 6.92 Å². The summed E-state index contributed by atoms with van der Waals surface area (Å²) in [6.07, 6.45) is 1.44. The summed E-state index contributed by atoms with van der Waals surface area (Å²) in [6.45, 7) is 1.75. The minimum absolute atomic E-state index is 0.117. The molecule has 5 nitrogen and oxygen atoms in total. The van der Waals surface area contributed by atoms with Crippen LogP contribution in [0.25, 0.3) is 0 Å². The molecule has 1 aromatic heterocycles. The van der Waals surface area contributed by atoms with Gasteiger partial charge in [0, 0.05) is 5.69 Å². The Morgan fingerprint density at radius 3 is 2.88 bits per heavy atom. The van der Waals surface area contributed by atoms with E-state index in [-0.39, 0.29) is 16.6 Å². The van der Waals surface area contributed by atoms with E-state index in [4.69, 9.17) is 21.8 Å². The van der Waals surface area contributed by atoms with Crippen molar-refractivity contribution in [3.63, 3.8) is 0 Å². The van der Waals surface area contributed by atoms with Crippen molar-refractivity contribution in [3.05, 3.63) is 40.7 Å². The number of hydrogen-bond donors (Lipinski definition) is 2. The molecule has 1 aromatic carbocycles. The van der Waals surface area contributed by atoms with Gasteiger partial charge in [0.05, 0.1) is 16.3 Å². The van der Waals surface area contributed by atoms with Gasteiger partial charge in [-0.3, -0.25) is 10.1 Å². The molecule has 0 atom stereocenters. The topological polar surface area (TPSA) is 81.2 Å². The van der Waals surface area contributed by atoms with Crippen LogP contribution in [0.2, 0.25) is 5.02 Å². The van der Waals surface area contributed by atoms with Crippen LogP contribution < -0.4 is 11.1 Å². The smallest absolute Gasteiger partial charge is 0.301 e. The number of nitrogens with zero attached hydrogens (tertiary/aromatic N) is 1. The first-order chi connectivity index (χ1) is 8.08. The number of halogens is 1. The van der Waals surface area contributed by atoms with Crippen molar-refractivity contribution in [2.45, 2.75) is 6.92 Å². The van der Waals surface area contributed by atoms with Crippen molar-refractivity contribution >= 4 is 29.2 Å². The van der Waals surface area contributed by atoms with Crippen molar-refractivity contribution < 1.29 is 9.21 Å². The second-order valence-electron chi connectivity index (χ2n) is 3.45. The Morgan fingerprint density at radius 1 is 1.53 bits per heavy atom. The number of carbonyl (C=O) groups excluding carboxylic acids is 1. The molecule has 2 aromatic rings. The molecule has 0 unspecified atom stereocenters. The first kappa shape index (κ1) is 11.5. The third-order valence-electron chi connectivity index (χ3n) is 2.11. The Morgan fingerprint density at radius 2 is 2.29 bits per heavy atom. The molecule has 0 bridgehead atoms. The van der Waals surface area contributed by atoms with E-state index >= 15 is 0 Å². The van der Waals surface area contributed by atoms with Crippen LogP contribution in [0.5, 0.6) is 0 Å². The maximum Gasteiger partial charge on any atom is 0.301 e. The molecule has 88 valence electrons. The molecule has 6 heteroatoms. The van der Waals surface area contributed by atoms with Gasteiger partial charge in [0.15, 0.2) is 0 Å². The molecule has 0 saturated carbocycles. The predicted octanol–water partition coefficient (Wildman–Crippen LogP) is 2.47. The van der Waals surface area contributed by atoms with E-state index in [1.807, 2.05) is 0 Å². The Kier molecular flexibility index (Phi) is 3.01. The summed E-state index contributed by atoms with van der Waals surface area (Å²) in [4.78, 5) is 15.8. The normalized spacial score (nSPS) is 10.2. The zero-order chi connectivity index (χ0) is 12.4. The van der Waals surface area contributed by atoms with Crippen molar-refractivity contribution in [3.8, 4) is 0 Å². The highest BCUT2D eigenvalue weighted by Crippen LogP contribution is 2.22. The van der Waals surface area contributed by atoms with Gasteiger partial charge in [-0.25, -0.2) is 0 Å². The average Bonchev–Trinajstić information content (AvgIpc) is 2.63.